The summed E-state index contributed by atoms with van der Waals surface area (Å²) in [6, 6.07) is 5.13. The molecule has 0 radical (unpaired) electrons. The van der Waals surface area contributed by atoms with E-state index in [9.17, 15) is 13.2 Å². The van der Waals surface area contributed by atoms with E-state index in [1.807, 2.05) is 13.0 Å². The third-order valence-corrected chi connectivity index (χ3v) is 5.21. The minimum Gasteiger partial charge on any atom is -0.346 e. The lowest BCUT2D eigenvalue weighted by molar-refractivity contribution is 0.0924. The lowest BCUT2D eigenvalue weighted by atomic mass is 9.98. The van der Waals surface area contributed by atoms with Crippen LogP contribution in [0.5, 0.6) is 0 Å². The molecule has 0 aliphatic carbocycles. The second-order valence-corrected chi connectivity index (χ2v) is 7.86. The molecule has 0 spiro atoms. The van der Waals surface area contributed by atoms with Crippen LogP contribution in [-0.4, -0.2) is 49.0 Å². The van der Waals surface area contributed by atoms with Crippen molar-refractivity contribution in [3.8, 4) is 0 Å². The zero-order chi connectivity index (χ0) is 16.3. The number of nitrogens with zero attached hydrogens (tertiary/aromatic N) is 2. The van der Waals surface area contributed by atoms with Gasteiger partial charge in [0.1, 0.15) is 5.69 Å². The molecule has 1 saturated heterocycles. The van der Waals surface area contributed by atoms with E-state index in [1.54, 1.807) is 12.1 Å². The number of carbonyl (C=O) groups is 1. The van der Waals surface area contributed by atoms with Gasteiger partial charge in [-0.2, -0.15) is 4.31 Å². The molecule has 122 valence electrons. The summed E-state index contributed by atoms with van der Waals surface area (Å²) in [4.78, 5) is 16.5. The summed E-state index contributed by atoms with van der Waals surface area (Å²) in [6.07, 6.45) is 3.05. The maximum absolute atomic E-state index is 12.3. The van der Waals surface area contributed by atoms with Crippen molar-refractivity contribution in [3.63, 3.8) is 0 Å². The van der Waals surface area contributed by atoms with Gasteiger partial charge in [0, 0.05) is 24.8 Å². The van der Waals surface area contributed by atoms with Crippen LogP contribution in [-0.2, 0) is 10.0 Å². The maximum Gasteiger partial charge on any atom is 0.270 e. The van der Waals surface area contributed by atoms with Crippen molar-refractivity contribution in [1.29, 1.82) is 0 Å². The van der Waals surface area contributed by atoms with E-state index in [0.717, 1.165) is 18.5 Å². The highest BCUT2D eigenvalue weighted by Crippen LogP contribution is 2.24. The predicted octanol–water partition coefficient (Wildman–Crippen LogP) is 1.18. The van der Waals surface area contributed by atoms with E-state index in [2.05, 4.69) is 17.2 Å². The first-order chi connectivity index (χ1) is 10.3. The highest BCUT2D eigenvalue weighted by molar-refractivity contribution is 7.88. The number of carbonyl (C=O) groups excluding carboxylic acids is 1. The van der Waals surface area contributed by atoms with Crippen LogP contribution >= 0.6 is 0 Å². The smallest absolute Gasteiger partial charge is 0.270 e. The van der Waals surface area contributed by atoms with Gasteiger partial charge in [0.25, 0.3) is 5.91 Å². The Morgan fingerprint density at radius 3 is 2.73 bits per heavy atom. The Morgan fingerprint density at radius 2 is 2.14 bits per heavy atom. The molecule has 1 aliphatic heterocycles. The number of amides is 1. The third kappa shape index (κ3) is 4.04. The number of sulfonamides is 1. The highest BCUT2D eigenvalue weighted by atomic mass is 32.2. The number of hydrogen-bond acceptors (Lipinski definition) is 4. The molecule has 1 aromatic rings. The average molecular weight is 325 g/mol. The van der Waals surface area contributed by atoms with E-state index in [-0.39, 0.29) is 17.9 Å². The Bertz CT molecular complexity index is 645. The second-order valence-electron chi connectivity index (χ2n) is 5.87. The standard InChI is InChI=1S/C15H23N3O3S/c1-4-6-12-9-18(22(3,20)21)10-14(12)17-15(19)13-8-5-7-11(2)16-13/h5,7-8,12,14H,4,6,9-10H2,1-3H3,(H,17,19)/t12-,14-/m0/s1. The minimum absolute atomic E-state index is 0.147. The van der Waals surface area contributed by atoms with E-state index in [1.165, 1.54) is 10.6 Å². The van der Waals surface area contributed by atoms with E-state index < -0.39 is 10.0 Å². The van der Waals surface area contributed by atoms with Gasteiger partial charge in [-0.25, -0.2) is 13.4 Å². The van der Waals surface area contributed by atoms with E-state index in [4.69, 9.17) is 0 Å². The fourth-order valence-electron chi connectivity index (χ4n) is 2.84. The summed E-state index contributed by atoms with van der Waals surface area (Å²) >= 11 is 0. The van der Waals surface area contributed by atoms with Crippen LogP contribution in [0.3, 0.4) is 0 Å². The Morgan fingerprint density at radius 1 is 1.41 bits per heavy atom. The van der Waals surface area contributed by atoms with Gasteiger partial charge >= 0.3 is 0 Å². The van der Waals surface area contributed by atoms with Crippen LogP contribution in [0.2, 0.25) is 0 Å². The molecular weight excluding hydrogens is 302 g/mol. The summed E-state index contributed by atoms with van der Waals surface area (Å²) < 4.78 is 24.9. The number of pyridine rings is 1. The van der Waals surface area contributed by atoms with E-state index >= 15 is 0 Å². The van der Waals surface area contributed by atoms with Gasteiger partial charge in [0.15, 0.2) is 0 Å². The molecule has 6 nitrogen and oxygen atoms in total. The second kappa shape index (κ2) is 6.75. The molecule has 0 bridgehead atoms. The quantitative estimate of drug-likeness (QED) is 0.881. The number of rotatable bonds is 5. The zero-order valence-corrected chi connectivity index (χ0v) is 14.1. The molecule has 0 unspecified atom stereocenters. The van der Waals surface area contributed by atoms with Crippen molar-refractivity contribution in [3.05, 3.63) is 29.6 Å². The van der Waals surface area contributed by atoms with Crippen molar-refractivity contribution in [1.82, 2.24) is 14.6 Å². The van der Waals surface area contributed by atoms with Gasteiger partial charge in [-0.15, -0.1) is 0 Å². The molecule has 1 aliphatic rings. The maximum atomic E-state index is 12.3. The lowest BCUT2D eigenvalue weighted by Crippen LogP contribution is -2.41. The fourth-order valence-corrected chi connectivity index (χ4v) is 3.73. The van der Waals surface area contributed by atoms with Crippen molar-refractivity contribution in [2.75, 3.05) is 19.3 Å². The van der Waals surface area contributed by atoms with Crippen LogP contribution in [0.15, 0.2) is 18.2 Å². The summed E-state index contributed by atoms with van der Waals surface area (Å²) in [6.45, 7) is 4.70. The summed E-state index contributed by atoms with van der Waals surface area (Å²) in [7, 11) is -3.23. The number of nitrogens with one attached hydrogen (secondary N) is 1. The molecule has 1 fully saturated rings. The van der Waals surface area contributed by atoms with E-state index in [0.29, 0.717) is 18.8 Å². The minimum atomic E-state index is -3.23. The largest absolute Gasteiger partial charge is 0.346 e. The summed E-state index contributed by atoms with van der Waals surface area (Å²) in [5, 5.41) is 2.95. The van der Waals surface area contributed by atoms with Gasteiger partial charge < -0.3 is 5.32 Å². The van der Waals surface area contributed by atoms with Gasteiger partial charge in [-0.1, -0.05) is 19.4 Å². The van der Waals surface area contributed by atoms with Crippen LogP contribution in [0, 0.1) is 12.8 Å². The van der Waals surface area contributed by atoms with Crippen molar-refractivity contribution < 1.29 is 13.2 Å². The summed E-state index contributed by atoms with van der Waals surface area (Å²) in [5.74, 6) is -0.0985. The summed E-state index contributed by atoms with van der Waals surface area (Å²) in [5.41, 5.74) is 1.15. The van der Waals surface area contributed by atoms with Crippen LogP contribution in [0.1, 0.15) is 35.9 Å². The Balaban J connectivity index is 2.10. The molecule has 2 heterocycles. The SMILES string of the molecule is CCC[C@H]1CN(S(C)(=O)=O)C[C@@H]1NC(=O)c1cccc(C)n1. The number of aryl methyl sites for hydroxylation is 1. The molecule has 0 aromatic carbocycles. The lowest BCUT2D eigenvalue weighted by Gasteiger charge is -2.19. The van der Waals surface area contributed by atoms with Gasteiger partial charge in [0.2, 0.25) is 10.0 Å². The molecule has 2 atom stereocenters. The zero-order valence-electron chi connectivity index (χ0n) is 13.2. The molecule has 7 heteroatoms. The Hall–Kier alpha value is -1.47. The van der Waals surface area contributed by atoms with Gasteiger partial charge in [0.05, 0.1) is 6.26 Å². The topological polar surface area (TPSA) is 79.4 Å². The van der Waals surface area contributed by atoms with Crippen LogP contribution in [0.4, 0.5) is 0 Å². The fraction of sp³-hybridized carbons (Fsp3) is 0.600. The third-order valence-electron chi connectivity index (χ3n) is 3.97. The van der Waals surface area contributed by atoms with Crippen LogP contribution in [0.25, 0.3) is 0 Å². The van der Waals surface area contributed by atoms with Gasteiger partial charge in [-0.05, 0) is 31.4 Å². The first-order valence-electron chi connectivity index (χ1n) is 7.51. The number of aromatic nitrogens is 1. The van der Waals surface area contributed by atoms with Crippen LogP contribution < -0.4 is 5.32 Å². The average Bonchev–Trinajstić information content (AvgIpc) is 2.82. The molecule has 1 amide bonds. The van der Waals surface area contributed by atoms with Crippen molar-refractivity contribution in [2.24, 2.45) is 5.92 Å². The predicted molar refractivity (Wildman–Crippen MR) is 85.0 cm³/mol. The van der Waals surface area contributed by atoms with Crippen molar-refractivity contribution in [2.45, 2.75) is 32.7 Å². The highest BCUT2D eigenvalue weighted by Gasteiger charge is 2.37. The molecule has 1 N–H and O–H groups in total. The van der Waals surface area contributed by atoms with Crippen molar-refractivity contribution >= 4 is 15.9 Å². The molecule has 22 heavy (non-hydrogen) atoms. The number of hydrogen-bond donors (Lipinski definition) is 1. The monoisotopic (exact) mass is 325 g/mol. The van der Waals surface area contributed by atoms with Gasteiger partial charge in [-0.3, -0.25) is 4.79 Å². The normalized spacial score (nSPS) is 22.7. The molecular formula is C15H23N3O3S. The molecule has 1 aromatic heterocycles. The first kappa shape index (κ1) is 16.9. The molecule has 2 rings (SSSR count). The Kier molecular flexibility index (Phi) is 5.18. The first-order valence-corrected chi connectivity index (χ1v) is 9.35. The molecule has 0 saturated carbocycles. The Labute approximate surface area is 132 Å².